The van der Waals surface area contributed by atoms with Crippen LogP contribution in [0.1, 0.15) is 78.6 Å². The van der Waals surface area contributed by atoms with Crippen molar-refractivity contribution in [3.05, 3.63) is 0 Å². The number of rotatable bonds is 6. The second kappa shape index (κ2) is 8.38. The minimum Gasteiger partial charge on any atom is -0.373 e. The predicted octanol–water partition coefficient (Wildman–Crippen LogP) is 4.53. The van der Waals surface area contributed by atoms with Gasteiger partial charge in [-0.15, -0.1) is 0 Å². The highest BCUT2D eigenvalue weighted by molar-refractivity contribution is 4.86. The fourth-order valence-electron chi connectivity index (χ4n) is 4.03. The molecule has 0 aliphatic heterocycles. The number of hydrogen-bond acceptors (Lipinski definition) is 2. The van der Waals surface area contributed by atoms with Crippen molar-refractivity contribution in [2.75, 3.05) is 6.54 Å². The Balaban J connectivity index is 1.86. The monoisotopic (exact) mass is 281 g/mol. The molecule has 2 aliphatic carbocycles. The zero-order valence-electron chi connectivity index (χ0n) is 13.9. The topological polar surface area (TPSA) is 21.3 Å². The molecule has 0 radical (unpaired) electrons. The van der Waals surface area contributed by atoms with E-state index in [4.69, 9.17) is 4.74 Å². The van der Waals surface area contributed by atoms with Crippen LogP contribution in [-0.2, 0) is 4.74 Å². The maximum absolute atomic E-state index is 6.58. The van der Waals surface area contributed by atoms with Gasteiger partial charge in [0.25, 0.3) is 0 Å². The third-order valence-corrected chi connectivity index (χ3v) is 5.39. The summed E-state index contributed by atoms with van der Waals surface area (Å²) in [5.41, 5.74) is 0. The molecule has 0 spiro atoms. The molecule has 0 amide bonds. The van der Waals surface area contributed by atoms with Gasteiger partial charge in [0.1, 0.15) is 0 Å². The van der Waals surface area contributed by atoms with Gasteiger partial charge in [0.2, 0.25) is 0 Å². The van der Waals surface area contributed by atoms with E-state index < -0.39 is 0 Å². The van der Waals surface area contributed by atoms with Crippen LogP contribution >= 0.6 is 0 Å². The van der Waals surface area contributed by atoms with Gasteiger partial charge in [-0.05, 0) is 56.9 Å². The molecule has 2 heteroatoms. The Labute approximate surface area is 126 Å². The highest BCUT2D eigenvalue weighted by atomic mass is 16.5. The third kappa shape index (κ3) is 4.73. The van der Waals surface area contributed by atoms with Crippen molar-refractivity contribution < 1.29 is 4.74 Å². The molecular weight excluding hydrogens is 246 g/mol. The van der Waals surface area contributed by atoms with E-state index in [1.165, 1.54) is 57.8 Å². The van der Waals surface area contributed by atoms with E-state index in [0.717, 1.165) is 18.4 Å². The quantitative estimate of drug-likeness (QED) is 0.772. The summed E-state index contributed by atoms with van der Waals surface area (Å²) in [5.74, 6) is 1.75. The van der Waals surface area contributed by atoms with Crippen LogP contribution in [0.2, 0.25) is 0 Å². The van der Waals surface area contributed by atoms with Gasteiger partial charge >= 0.3 is 0 Å². The molecular formula is C18H35NO. The van der Waals surface area contributed by atoms with Crippen LogP contribution in [0.4, 0.5) is 0 Å². The van der Waals surface area contributed by atoms with E-state index >= 15 is 0 Å². The summed E-state index contributed by atoms with van der Waals surface area (Å²) >= 11 is 0. The number of hydrogen-bond donors (Lipinski definition) is 1. The molecule has 0 aromatic carbocycles. The molecule has 0 aromatic heterocycles. The molecule has 118 valence electrons. The van der Waals surface area contributed by atoms with Crippen LogP contribution < -0.4 is 5.32 Å². The van der Waals surface area contributed by atoms with Gasteiger partial charge in [-0.2, -0.15) is 0 Å². The second-order valence-electron chi connectivity index (χ2n) is 7.22. The maximum atomic E-state index is 6.58. The van der Waals surface area contributed by atoms with Gasteiger partial charge in [0.05, 0.1) is 12.2 Å². The molecule has 2 aliphatic rings. The second-order valence-corrected chi connectivity index (χ2v) is 7.22. The summed E-state index contributed by atoms with van der Waals surface area (Å²) in [6, 6.07) is 0.605. The zero-order chi connectivity index (χ0) is 14.4. The zero-order valence-corrected chi connectivity index (χ0v) is 13.9. The van der Waals surface area contributed by atoms with Crippen LogP contribution in [0.25, 0.3) is 0 Å². The van der Waals surface area contributed by atoms with Gasteiger partial charge in [0, 0.05) is 6.04 Å². The fourth-order valence-corrected chi connectivity index (χ4v) is 4.03. The summed E-state index contributed by atoms with van der Waals surface area (Å²) in [6.45, 7) is 8.12. The van der Waals surface area contributed by atoms with E-state index in [2.05, 4.69) is 26.1 Å². The molecule has 20 heavy (non-hydrogen) atoms. The van der Waals surface area contributed by atoms with Gasteiger partial charge in [-0.1, -0.05) is 40.0 Å². The molecule has 2 rings (SSSR count). The van der Waals surface area contributed by atoms with Gasteiger partial charge < -0.3 is 10.1 Å². The lowest BCUT2D eigenvalue weighted by Gasteiger charge is -2.39. The Kier molecular flexibility index (Phi) is 6.83. The molecule has 2 fully saturated rings. The van der Waals surface area contributed by atoms with Gasteiger partial charge in [-0.25, -0.2) is 0 Å². The summed E-state index contributed by atoms with van der Waals surface area (Å²) in [7, 11) is 0. The maximum Gasteiger partial charge on any atom is 0.0734 e. The van der Waals surface area contributed by atoms with Crippen LogP contribution in [-0.4, -0.2) is 24.8 Å². The minimum atomic E-state index is 0.464. The van der Waals surface area contributed by atoms with Crippen LogP contribution in [0.3, 0.4) is 0 Å². The predicted molar refractivity (Wildman–Crippen MR) is 86.0 cm³/mol. The lowest BCUT2D eigenvalue weighted by molar-refractivity contribution is -0.0759. The lowest BCUT2D eigenvalue weighted by atomic mass is 9.83. The van der Waals surface area contributed by atoms with E-state index in [1.54, 1.807) is 0 Å². The molecule has 0 aromatic rings. The first kappa shape index (κ1) is 16.3. The van der Waals surface area contributed by atoms with Crippen molar-refractivity contribution >= 4 is 0 Å². The first-order chi connectivity index (χ1) is 9.72. The van der Waals surface area contributed by atoms with Crippen molar-refractivity contribution in [1.82, 2.24) is 5.32 Å². The number of nitrogens with one attached hydrogen (secondary N) is 1. The number of ether oxygens (including phenoxy) is 1. The third-order valence-electron chi connectivity index (χ3n) is 5.39. The molecule has 5 atom stereocenters. The summed E-state index contributed by atoms with van der Waals surface area (Å²) < 4.78 is 6.58. The highest BCUT2D eigenvalue weighted by Gasteiger charge is 2.32. The molecule has 0 saturated heterocycles. The Morgan fingerprint density at radius 2 is 1.90 bits per heavy atom. The molecule has 5 unspecified atom stereocenters. The standard InChI is InChI=1S/C18H35NO/c1-4-11-19-17-10-9-14(3)12-18(17)20-16-8-6-7-15(5-2)13-16/h14-19H,4-13H2,1-3H3. The minimum absolute atomic E-state index is 0.464. The summed E-state index contributed by atoms with van der Waals surface area (Å²) in [6.07, 6.45) is 12.9. The fraction of sp³-hybridized carbons (Fsp3) is 1.00. The molecule has 2 saturated carbocycles. The van der Waals surface area contributed by atoms with Crippen LogP contribution in [0.15, 0.2) is 0 Å². The smallest absolute Gasteiger partial charge is 0.0734 e. The van der Waals surface area contributed by atoms with Gasteiger partial charge in [-0.3, -0.25) is 0 Å². The Morgan fingerprint density at radius 1 is 1.05 bits per heavy atom. The molecule has 1 N–H and O–H groups in total. The van der Waals surface area contributed by atoms with Crippen LogP contribution in [0.5, 0.6) is 0 Å². The average Bonchev–Trinajstić information content (AvgIpc) is 2.47. The highest BCUT2D eigenvalue weighted by Crippen LogP contribution is 2.33. The molecule has 0 heterocycles. The van der Waals surface area contributed by atoms with Crippen molar-refractivity contribution in [1.29, 1.82) is 0 Å². The van der Waals surface area contributed by atoms with Crippen molar-refractivity contribution in [2.45, 2.75) is 96.8 Å². The van der Waals surface area contributed by atoms with Crippen molar-refractivity contribution in [3.8, 4) is 0 Å². The SMILES string of the molecule is CCCNC1CCC(C)CC1OC1CCCC(CC)C1. The Bertz CT molecular complexity index is 266. The average molecular weight is 281 g/mol. The first-order valence-corrected chi connectivity index (χ1v) is 9.11. The molecule has 2 nitrogen and oxygen atoms in total. The normalized spacial score (nSPS) is 38.9. The Morgan fingerprint density at radius 3 is 2.65 bits per heavy atom. The first-order valence-electron chi connectivity index (χ1n) is 9.11. The largest absolute Gasteiger partial charge is 0.373 e. The van der Waals surface area contributed by atoms with E-state index in [1.807, 2.05) is 0 Å². The van der Waals surface area contributed by atoms with E-state index in [9.17, 15) is 0 Å². The van der Waals surface area contributed by atoms with Crippen LogP contribution in [0, 0.1) is 11.8 Å². The van der Waals surface area contributed by atoms with Crippen molar-refractivity contribution in [2.24, 2.45) is 11.8 Å². The summed E-state index contributed by atoms with van der Waals surface area (Å²) in [5, 5.41) is 3.73. The summed E-state index contributed by atoms with van der Waals surface area (Å²) in [4.78, 5) is 0. The Hall–Kier alpha value is -0.0800. The van der Waals surface area contributed by atoms with E-state index in [0.29, 0.717) is 18.2 Å². The van der Waals surface area contributed by atoms with Gasteiger partial charge in [0.15, 0.2) is 0 Å². The molecule has 0 bridgehead atoms. The van der Waals surface area contributed by atoms with E-state index in [-0.39, 0.29) is 0 Å². The lowest BCUT2D eigenvalue weighted by Crippen LogP contribution is -2.47. The van der Waals surface area contributed by atoms with Crippen molar-refractivity contribution in [3.63, 3.8) is 0 Å².